The van der Waals surface area contributed by atoms with E-state index in [0.717, 1.165) is 44.1 Å². The SMILES string of the molecule is O=C(Cn1c(=O)oc2cc(S(=O)(=O)N3CCCCC3)ccc21)NC1CCCc2ccccc21. The fraction of sp³-hybridized carbons (Fsp3) is 0.417. The number of oxazole rings is 1. The van der Waals surface area contributed by atoms with E-state index < -0.39 is 15.8 Å². The summed E-state index contributed by atoms with van der Waals surface area (Å²) >= 11 is 0. The van der Waals surface area contributed by atoms with Gasteiger partial charge in [-0.2, -0.15) is 4.31 Å². The van der Waals surface area contributed by atoms with Crippen LogP contribution in [0.3, 0.4) is 0 Å². The highest BCUT2D eigenvalue weighted by Gasteiger charge is 2.27. The first-order valence-corrected chi connectivity index (χ1v) is 12.9. The number of amides is 1. The predicted octanol–water partition coefficient (Wildman–Crippen LogP) is 2.96. The number of carbonyl (C=O) groups is 1. The van der Waals surface area contributed by atoms with Gasteiger partial charge in [-0.15, -0.1) is 0 Å². The summed E-state index contributed by atoms with van der Waals surface area (Å²) in [7, 11) is -3.64. The number of fused-ring (bicyclic) bond motifs is 2. The molecule has 1 fully saturated rings. The van der Waals surface area contributed by atoms with Gasteiger partial charge in [0.15, 0.2) is 5.58 Å². The molecule has 1 unspecified atom stereocenters. The topological polar surface area (TPSA) is 102 Å². The van der Waals surface area contributed by atoms with E-state index >= 15 is 0 Å². The van der Waals surface area contributed by atoms with Crippen LogP contribution in [-0.2, 0) is 27.8 Å². The number of rotatable bonds is 5. The van der Waals surface area contributed by atoms with Gasteiger partial charge < -0.3 is 9.73 Å². The van der Waals surface area contributed by atoms with Crippen LogP contribution < -0.4 is 11.1 Å². The van der Waals surface area contributed by atoms with Gasteiger partial charge in [0, 0.05) is 19.2 Å². The molecular weight excluding hydrogens is 442 g/mol. The zero-order chi connectivity index (χ0) is 23.0. The molecule has 174 valence electrons. The van der Waals surface area contributed by atoms with Gasteiger partial charge in [0.1, 0.15) is 6.54 Å². The molecule has 2 aromatic carbocycles. The van der Waals surface area contributed by atoms with E-state index in [4.69, 9.17) is 4.42 Å². The van der Waals surface area contributed by atoms with Gasteiger partial charge in [-0.05, 0) is 55.4 Å². The molecule has 0 saturated carbocycles. The largest absolute Gasteiger partial charge is 0.420 e. The number of hydrogen-bond donors (Lipinski definition) is 1. The number of benzene rings is 2. The second kappa shape index (κ2) is 8.79. The maximum absolute atomic E-state index is 13.0. The van der Waals surface area contributed by atoms with Gasteiger partial charge >= 0.3 is 5.76 Å². The van der Waals surface area contributed by atoms with Crippen LogP contribution in [0.5, 0.6) is 0 Å². The highest BCUT2D eigenvalue weighted by Crippen LogP contribution is 2.29. The van der Waals surface area contributed by atoms with Gasteiger partial charge in [0.05, 0.1) is 16.5 Å². The van der Waals surface area contributed by atoms with E-state index in [1.807, 2.05) is 18.2 Å². The average Bonchev–Trinajstić information content (AvgIpc) is 3.14. The van der Waals surface area contributed by atoms with Crippen LogP contribution in [0.4, 0.5) is 0 Å². The van der Waals surface area contributed by atoms with Crippen LogP contribution in [0.1, 0.15) is 49.3 Å². The van der Waals surface area contributed by atoms with E-state index in [-0.39, 0.29) is 29.0 Å². The molecule has 0 radical (unpaired) electrons. The Kier molecular flexibility index (Phi) is 5.84. The summed E-state index contributed by atoms with van der Waals surface area (Å²) in [5.74, 6) is -0.969. The number of aromatic nitrogens is 1. The Bertz CT molecular complexity index is 1350. The Morgan fingerprint density at radius 3 is 2.67 bits per heavy atom. The number of nitrogens with zero attached hydrogens (tertiary/aromatic N) is 2. The molecule has 2 aliphatic rings. The molecule has 8 nitrogen and oxygen atoms in total. The van der Waals surface area contributed by atoms with Gasteiger partial charge in [-0.1, -0.05) is 30.7 Å². The molecule has 1 aliphatic carbocycles. The molecule has 1 aromatic heterocycles. The quantitative estimate of drug-likeness (QED) is 0.619. The van der Waals surface area contributed by atoms with Crippen molar-refractivity contribution in [2.75, 3.05) is 13.1 Å². The Morgan fingerprint density at radius 2 is 1.85 bits per heavy atom. The Hall–Kier alpha value is -2.91. The van der Waals surface area contributed by atoms with Crippen molar-refractivity contribution < 1.29 is 17.6 Å². The third-order valence-electron chi connectivity index (χ3n) is 6.60. The zero-order valence-corrected chi connectivity index (χ0v) is 19.1. The second-order valence-corrected chi connectivity index (χ2v) is 10.7. The summed E-state index contributed by atoms with van der Waals surface area (Å²) in [6.07, 6.45) is 5.54. The number of aryl methyl sites for hydroxylation is 1. The molecule has 0 bridgehead atoms. The molecule has 1 amide bonds. The number of carbonyl (C=O) groups excluding carboxylic acids is 1. The molecule has 5 rings (SSSR count). The van der Waals surface area contributed by atoms with Crippen molar-refractivity contribution in [1.29, 1.82) is 0 Å². The Balaban J connectivity index is 1.37. The van der Waals surface area contributed by atoms with E-state index in [1.54, 1.807) is 6.07 Å². The van der Waals surface area contributed by atoms with Gasteiger partial charge in [0.2, 0.25) is 15.9 Å². The summed E-state index contributed by atoms with van der Waals surface area (Å²) in [5.41, 5.74) is 2.92. The first-order valence-electron chi connectivity index (χ1n) is 11.4. The van der Waals surface area contributed by atoms with Gasteiger partial charge in [0.25, 0.3) is 0 Å². The summed E-state index contributed by atoms with van der Waals surface area (Å²) in [4.78, 5) is 25.4. The van der Waals surface area contributed by atoms with Crippen molar-refractivity contribution in [2.24, 2.45) is 0 Å². The molecule has 9 heteroatoms. The standard InChI is InChI=1S/C24H27N3O5S/c28-23(25-20-10-6-8-17-7-2-3-9-19(17)20)16-27-21-12-11-18(15-22(21)32-24(27)29)33(30,31)26-13-4-1-5-14-26/h2-3,7,9,11-12,15,20H,1,4-6,8,10,13-14,16H2,(H,25,28). The van der Waals surface area contributed by atoms with Crippen LogP contribution in [-0.4, -0.2) is 36.3 Å². The zero-order valence-electron chi connectivity index (χ0n) is 18.3. The fourth-order valence-electron chi connectivity index (χ4n) is 4.90. The number of piperidine rings is 1. The highest BCUT2D eigenvalue weighted by molar-refractivity contribution is 7.89. The van der Waals surface area contributed by atoms with Crippen molar-refractivity contribution in [1.82, 2.24) is 14.2 Å². The fourth-order valence-corrected chi connectivity index (χ4v) is 6.43. The lowest BCUT2D eigenvalue weighted by molar-refractivity contribution is -0.122. The third-order valence-corrected chi connectivity index (χ3v) is 8.49. The molecule has 33 heavy (non-hydrogen) atoms. The van der Waals surface area contributed by atoms with Crippen molar-refractivity contribution in [3.05, 3.63) is 64.1 Å². The maximum Gasteiger partial charge on any atom is 0.420 e. The van der Waals surface area contributed by atoms with Crippen LogP contribution in [0.25, 0.3) is 11.1 Å². The molecule has 0 spiro atoms. The smallest absolute Gasteiger partial charge is 0.408 e. The van der Waals surface area contributed by atoms with E-state index in [0.29, 0.717) is 18.6 Å². The normalized spacial score (nSPS) is 19.3. The van der Waals surface area contributed by atoms with Crippen LogP contribution in [0.2, 0.25) is 0 Å². The lowest BCUT2D eigenvalue weighted by atomic mass is 9.88. The molecule has 1 N–H and O–H groups in total. The first kappa shape index (κ1) is 21.9. The summed E-state index contributed by atoms with van der Waals surface area (Å²) in [6, 6.07) is 12.4. The minimum atomic E-state index is -3.64. The summed E-state index contributed by atoms with van der Waals surface area (Å²) in [5, 5.41) is 3.04. The molecule has 1 atom stereocenters. The third kappa shape index (κ3) is 4.22. The molecular formula is C24H27N3O5S. The summed E-state index contributed by atoms with van der Waals surface area (Å²) in [6.45, 7) is 0.800. The van der Waals surface area contributed by atoms with Crippen LogP contribution >= 0.6 is 0 Å². The van der Waals surface area contributed by atoms with E-state index in [2.05, 4.69) is 11.4 Å². The minimum Gasteiger partial charge on any atom is -0.408 e. The lowest BCUT2D eigenvalue weighted by Crippen LogP contribution is -2.35. The van der Waals surface area contributed by atoms with Crippen molar-refractivity contribution in [2.45, 2.75) is 56.0 Å². The number of nitrogens with one attached hydrogen (secondary N) is 1. The molecule has 3 aromatic rings. The molecule has 1 saturated heterocycles. The van der Waals surface area contributed by atoms with E-state index in [1.165, 1.54) is 26.6 Å². The highest BCUT2D eigenvalue weighted by atomic mass is 32.2. The molecule has 2 heterocycles. The molecule has 1 aliphatic heterocycles. The number of hydrogen-bond acceptors (Lipinski definition) is 5. The monoisotopic (exact) mass is 469 g/mol. The van der Waals surface area contributed by atoms with Crippen LogP contribution in [0, 0.1) is 0 Å². The van der Waals surface area contributed by atoms with Crippen molar-refractivity contribution in [3.63, 3.8) is 0 Å². The van der Waals surface area contributed by atoms with Crippen LogP contribution in [0.15, 0.2) is 56.6 Å². The van der Waals surface area contributed by atoms with Gasteiger partial charge in [-0.25, -0.2) is 13.2 Å². The Morgan fingerprint density at radius 1 is 1.06 bits per heavy atom. The maximum atomic E-state index is 13.0. The average molecular weight is 470 g/mol. The number of sulfonamides is 1. The summed E-state index contributed by atoms with van der Waals surface area (Å²) < 4.78 is 34.0. The predicted molar refractivity (Wildman–Crippen MR) is 123 cm³/mol. The second-order valence-electron chi connectivity index (χ2n) is 8.76. The van der Waals surface area contributed by atoms with E-state index in [9.17, 15) is 18.0 Å². The lowest BCUT2D eigenvalue weighted by Gasteiger charge is -2.26. The van der Waals surface area contributed by atoms with Gasteiger partial charge in [-0.3, -0.25) is 9.36 Å². The van der Waals surface area contributed by atoms with Crippen molar-refractivity contribution in [3.8, 4) is 0 Å². The van der Waals surface area contributed by atoms with Crippen molar-refractivity contribution >= 4 is 27.0 Å². The first-order chi connectivity index (χ1) is 15.9. The minimum absolute atomic E-state index is 0.0856. The Labute approximate surface area is 192 Å².